The van der Waals surface area contributed by atoms with E-state index in [4.69, 9.17) is 0 Å². The number of carbonyl (C=O) groups excluding carboxylic acids is 1. The fourth-order valence-corrected chi connectivity index (χ4v) is 1.28. The van der Waals surface area contributed by atoms with Crippen LogP contribution in [-0.4, -0.2) is 16.5 Å². The van der Waals surface area contributed by atoms with Crippen LogP contribution in [0.5, 0.6) is 0 Å². The molecule has 0 N–H and O–H groups in total. The molecular weight excluding hydrogens is 152 g/mol. The molecule has 0 unspecified atom stereocenters. The van der Waals surface area contributed by atoms with Crippen molar-refractivity contribution in [2.75, 3.05) is 0 Å². The summed E-state index contributed by atoms with van der Waals surface area (Å²) in [6.45, 7) is 1.86. The first-order valence-corrected chi connectivity index (χ1v) is 3.79. The highest BCUT2D eigenvalue weighted by atomic mass is 16.1. The van der Waals surface area contributed by atoms with Crippen LogP contribution in [0.15, 0.2) is 23.5 Å². The summed E-state index contributed by atoms with van der Waals surface area (Å²) in [5.41, 5.74) is 2.25. The number of hydrogen-bond donors (Lipinski definition) is 0. The summed E-state index contributed by atoms with van der Waals surface area (Å²) in [6.07, 6.45) is 3.68. The summed E-state index contributed by atoms with van der Waals surface area (Å²) in [5, 5.41) is 0. The molecule has 0 aromatic carbocycles. The van der Waals surface area contributed by atoms with Gasteiger partial charge in [0.15, 0.2) is 5.78 Å². The Morgan fingerprint density at radius 1 is 1.50 bits per heavy atom. The first kappa shape index (κ1) is 7.16. The van der Waals surface area contributed by atoms with Gasteiger partial charge in [0.1, 0.15) is 0 Å². The van der Waals surface area contributed by atoms with Crippen molar-refractivity contribution in [2.45, 2.75) is 13.3 Å². The normalized spacial score (nSPS) is 15.4. The average Bonchev–Trinajstić information content (AvgIpc) is 2.04. The average molecular weight is 160 g/mol. The van der Waals surface area contributed by atoms with E-state index in [0.29, 0.717) is 17.7 Å². The van der Waals surface area contributed by atoms with Crippen molar-refractivity contribution in [1.29, 1.82) is 0 Å². The molecule has 0 atom stereocenters. The zero-order valence-corrected chi connectivity index (χ0v) is 6.74. The van der Waals surface area contributed by atoms with Crippen LogP contribution in [0.1, 0.15) is 23.7 Å². The van der Waals surface area contributed by atoms with Gasteiger partial charge in [-0.05, 0) is 13.0 Å². The SMILES string of the molecule is CC1=Nc2cnccc2C(=O)C1. The van der Waals surface area contributed by atoms with E-state index in [9.17, 15) is 4.79 Å². The van der Waals surface area contributed by atoms with Gasteiger partial charge in [-0.25, -0.2) is 0 Å². The molecule has 1 aromatic rings. The van der Waals surface area contributed by atoms with Crippen molar-refractivity contribution in [2.24, 2.45) is 4.99 Å². The van der Waals surface area contributed by atoms with E-state index in [1.54, 1.807) is 18.5 Å². The molecule has 0 amide bonds. The molecule has 0 saturated carbocycles. The second-order valence-corrected chi connectivity index (χ2v) is 2.84. The van der Waals surface area contributed by atoms with Crippen LogP contribution in [-0.2, 0) is 0 Å². The molecule has 0 saturated heterocycles. The van der Waals surface area contributed by atoms with Gasteiger partial charge >= 0.3 is 0 Å². The summed E-state index contributed by atoms with van der Waals surface area (Å²) < 4.78 is 0. The zero-order chi connectivity index (χ0) is 8.55. The van der Waals surface area contributed by atoms with E-state index in [1.165, 1.54) is 0 Å². The Kier molecular flexibility index (Phi) is 1.50. The van der Waals surface area contributed by atoms with Gasteiger partial charge in [0.2, 0.25) is 0 Å². The van der Waals surface area contributed by atoms with Crippen molar-refractivity contribution in [3.8, 4) is 0 Å². The highest BCUT2D eigenvalue weighted by Crippen LogP contribution is 2.23. The maximum absolute atomic E-state index is 11.4. The van der Waals surface area contributed by atoms with E-state index in [-0.39, 0.29) is 5.78 Å². The van der Waals surface area contributed by atoms with E-state index in [1.807, 2.05) is 6.92 Å². The summed E-state index contributed by atoms with van der Waals surface area (Å²) in [4.78, 5) is 19.5. The summed E-state index contributed by atoms with van der Waals surface area (Å²) >= 11 is 0. The van der Waals surface area contributed by atoms with Gasteiger partial charge in [0, 0.05) is 23.9 Å². The van der Waals surface area contributed by atoms with Crippen molar-refractivity contribution in [1.82, 2.24) is 4.98 Å². The number of hydrogen-bond acceptors (Lipinski definition) is 3. The minimum absolute atomic E-state index is 0.139. The Hall–Kier alpha value is -1.51. The molecule has 3 nitrogen and oxygen atoms in total. The predicted octanol–water partition coefficient (Wildman–Crippen LogP) is 1.76. The molecule has 3 heteroatoms. The first-order chi connectivity index (χ1) is 5.77. The number of rotatable bonds is 0. The topological polar surface area (TPSA) is 42.3 Å². The molecule has 0 fully saturated rings. The highest BCUT2D eigenvalue weighted by molar-refractivity contribution is 6.14. The smallest absolute Gasteiger partial charge is 0.170 e. The van der Waals surface area contributed by atoms with Crippen LogP contribution in [0.3, 0.4) is 0 Å². The number of aliphatic imine (C=N–C) groups is 1. The highest BCUT2D eigenvalue weighted by Gasteiger charge is 2.16. The van der Waals surface area contributed by atoms with E-state index in [2.05, 4.69) is 9.98 Å². The van der Waals surface area contributed by atoms with Gasteiger partial charge in [0.05, 0.1) is 11.9 Å². The lowest BCUT2D eigenvalue weighted by Crippen LogP contribution is -2.10. The number of aromatic nitrogens is 1. The second kappa shape index (κ2) is 2.52. The minimum atomic E-state index is 0.139. The van der Waals surface area contributed by atoms with Gasteiger partial charge in [-0.2, -0.15) is 0 Å². The number of ketones is 1. The molecular formula is C9H8N2O. The maximum Gasteiger partial charge on any atom is 0.170 e. The van der Waals surface area contributed by atoms with Crippen molar-refractivity contribution >= 4 is 17.2 Å². The van der Waals surface area contributed by atoms with Gasteiger partial charge in [-0.3, -0.25) is 14.8 Å². The Bertz CT molecular complexity index is 369. The van der Waals surface area contributed by atoms with Crippen molar-refractivity contribution < 1.29 is 4.79 Å². The van der Waals surface area contributed by atoms with Crippen LogP contribution in [0.4, 0.5) is 5.69 Å². The van der Waals surface area contributed by atoms with Crippen molar-refractivity contribution in [3.63, 3.8) is 0 Å². The summed E-state index contributed by atoms with van der Waals surface area (Å²) in [6, 6.07) is 1.72. The molecule has 12 heavy (non-hydrogen) atoms. The lowest BCUT2D eigenvalue weighted by Gasteiger charge is -2.10. The number of fused-ring (bicyclic) bond motifs is 1. The van der Waals surface area contributed by atoms with Crippen LogP contribution in [0.25, 0.3) is 0 Å². The van der Waals surface area contributed by atoms with Crippen LogP contribution in [0, 0.1) is 0 Å². The monoisotopic (exact) mass is 160 g/mol. The quantitative estimate of drug-likeness (QED) is 0.580. The lowest BCUT2D eigenvalue weighted by atomic mass is 10.0. The van der Waals surface area contributed by atoms with Gasteiger partial charge in [0.25, 0.3) is 0 Å². The molecule has 1 aliphatic heterocycles. The van der Waals surface area contributed by atoms with Crippen LogP contribution in [0.2, 0.25) is 0 Å². The van der Waals surface area contributed by atoms with E-state index < -0.39 is 0 Å². The summed E-state index contributed by atoms with van der Waals surface area (Å²) in [5.74, 6) is 0.139. The van der Waals surface area contributed by atoms with Gasteiger partial charge < -0.3 is 0 Å². The van der Waals surface area contributed by atoms with Gasteiger partial charge in [-0.15, -0.1) is 0 Å². The second-order valence-electron chi connectivity index (χ2n) is 2.84. The Morgan fingerprint density at radius 3 is 3.17 bits per heavy atom. The largest absolute Gasteiger partial charge is 0.294 e. The predicted molar refractivity (Wildman–Crippen MR) is 46.0 cm³/mol. The molecule has 1 aliphatic rings. The summed E-state index contributed by atoms with van der Waals surface area (Å²) in [7, 11) is 0. The Balaban J connectivity index is 2.62. The molecule has 60 valence electrons. The van der Waals surface area contributed by atoms with Crippen molar-refractivity contribution in [3.05, 3.63) is 24.0 Å². The number of pyridine rings is 1. The third-order valence-electron chi connectivity index (χ3n) is 1.83. The third kappa shape index (κ3) is 1.03. The lowest BCUT2D eigenvalue weighted by molar-refractivity contribution is 0.0999. The number of nitrogens with zero attached hydrogens (tertiary/aromatic N) is 2. The molecule has 0 aliphatic carbocycles. The molecule has 1 aromatic heterocycles. The molecule has 0 radical (unpaired) electrons. The fourth-order valence-electron chi connectivity index (χ4n) is 1.28. The molecule has 2 rings (SSSR count). The molecule has 2 heterocycles. The standard InChI is InChI=1S/C9H8N2O/c1-6-4-9(12)7-2-3-10-5-8(7)11-6/h2-3,5H,4H2,1H3. The first-order valence-electron chi connectivity index (χ1n) is 3.79. The van der Waals surface area contributed by atoms with Crippen LogP contribution >= 0.6 is 0 Å². The van der Waals surface area contributed by atoms with E-state index in [0.717, 1.165) is 5.71 Å². The van der Waals surface area contributed by atoms with E-state index >= 15 is 0 Å². The minimum Gasteiger partial charge on any atom is -0.294 e. The number of carbonyl (C=O) groups is 1. The molecule has 0 spiro atoms. The zero-order valence-electron chi connectivity index (χ0n) is 6.74. The fraction of sp³-hybridized carbons (Fsp3) is 0.222. The third-order valence-corrected chi connectivity index (χ3v) is 1.83. The van der Waals surface area contributed by atoms with Crippen LogP contribution < -0.4 is 0 Å². The molecule has 0 bridgehead atoms. The maximum atomic E-state index is 11.4. The van der Waals surface area contributed by atoms with Gasteiger partial charge in [-0.1, -0.05) is 0 Å². The number of Topliss-reactive ketones (excluding diaryl/α,β-unsaturated/α-hetero) is 1. The Labute approximate surface area is 70.2 Å². The Morgan fingerprint density at radius 2 is 2.33 bits per heavy atom.